The molecule has 3 unspecified atom stereocenters. The van der Waals surface area contributed by atoms with Crippen LogP contribution in [-0.2, 0) is 0 Å². The van der Waals surface area contributed by atoms with E-state index in [0.717, 1.165) is 23.8 Å². The lowest BCUT2D eigenvalue weighted by Crippen LogP contribution is -2.53. The van der Waals surface area contributed by atoms with Crippen LogP contribution in [0.15, 0.2) is 18.2 Å². The molecular formula is C18H22Cl2O. The molecule has 4 aliphatic rings. The molecule has 4 fully saturated rings. The normalized spacial score (nSPS) is 42.3. The van der Waals surface area contributed by atoms with Crippen LogP contribution >= 0.6 is 23.2 Å². The van der Waals surface area contributed by atoms with Crippen molar-refractivity contribution >= 4 is 23.2 Å². The summed E-state index contributed by atoms with van der Waals surface area (Å²) < 4.78 is 0. The fourth-order valence-electron chi connectivity index (χ4n) is 6.17. The standard InChI is InChI=1S/C18H22Cl2O/c1-17-6-11-4-12(7-17)9-18(8-11,10-17)16(21)14-3-2-13(19)5-15(14)20/h2-3,5,11-12,16,21H,4,6-10H2,1H3. The molecule has 1 N–H and O–H groups in total. The van der Waals surface area contributed by atoms with E-state index in [-0.39, 0.29) is 5.41 Å². The van der Waals surface area contributed by atoms with E-state index in [9.17, 15) is 5.11 Å². The third kappa shape index (κ3) is 2.24. The first-order chi connectivity index (χ1) is 9.89. The van der Waals surface area contributed by atoms with Crippen molar-refractivity contribution in [1.29, 1.82) is 0 Å². The number of benzene rings is 1. The second-order valence-corrected chi connectivity index (χ2v) is 9.05. The smallest absolute Gasteiger partial charge is 0.0860 e. The summed E-state index contributed by atoms with van der Waals surface area (Å²) in [6.07, 6.45) is 7.11. The highest BCUT2D eigenvalue weighted by molar-refractivity contribution is 6.35. The molecule has 3 atom stereocenters. The van der Waals surface area contributed by atoms with Crippen LogP contribution < -0.4 is 0 Å². The molecule has 0 saturated heterocycles. The molecule has 5 rings (SSSR count). The van der Waals surface area contributed by atoms with Gasteiger partial charge in [0.25, 0.3) is 0 Å². The summed E-state index contributed by atoms with van der Waals surface area (Å²) in [6.45, 7) is 2.43. The second-order valence-electron chi connectivity index (χ2n) is 8.20. The molecule has 1 nitrogen and oxygen atoms in total. The van der Waals surface area contributed by atoms with Crippen molar-refractivity contribution in [1.82, 2.24) is 0 Å². The van der Waals surface area contributed by atoms with E-state index in [1.165, 1.54) is 32.1 Å². The Labute approximate surface area is 136 Å². The van der Waals surface area contributed by atoms with Gasteiger partial charge in [-0.15, -0.1) is 0 Å². The highest BCUT2D eigenvalue weighted by atomic mass is 35.5. The summed E-state index contributed by atoms with van der Waals surface area (Å²) in [6, 6.07) is 5.51. The molecule has 0 aliphatic heterocycles. The fourth-order valence-corrected chi connectivity index (χ4v) is 6.68. The molecule has 0 heterocycles. The molecule has 3 heteroatoms. The maximum atomic E-state index is 11.1. The van der Waals surface area contributed by atoms with Crippen LogP contribution in [-0.4, -0.2) is 5.11 Å². The Morgan fingerprint density at radius 2 is 1.81 bits per heavy atom. The molecule has 4 saturated carbocycles. The van der Waals surface area contributed by atoms with Gasteiger partial charge in [-0.3, -0.25) is 0 Å². The Kier molecular flexibility index (Phi) is 3.17. The molecular weight excluding hydrogens is 303 g/mol. The Morgan fingerprint density at radius 3 is 2.38 bits per heavy atom. The lowest BCUT2D eigenvalue weighted by Gasteiger charge is -2.62. The van der Waals surface area contributed by atoms with Crippen molar-refractivity contribution < 1.29 is 5.11 Å². The number of aliphatic hydroxyl groups excluding tert-OH is 1. The maximum absolute atomic E-state index is 11.1. The van der Waals surface area contributed by atoms with Gasteiger partial charge in [-0.1, -0.05) is 36.2 Å². The summed E-state index contributed by atoms with van der Waals surface area (Å²) in [7, 11) is 0. The van der Waals surface area contributed by atoms with Crippen molar-refractivity contribution in [2.75, 3.05) is 0 Å². The first kappa shape index (κ1) is 14.4. The van der Waals surface area contributed by atoms with Crippen LogP contribution in [0.25, 0.3) is 0 Å². The lowest BCUT2D eigenvalue weighted by molar-refractivity contribution is -0.155. The summed E-state index contributed by atoms with van der Waals surface area (Å²) in [5.74, 6) is 1.61. The molecule has 1 aromatic carbocycles. The summed E-state index contributed by atoms with van der Waals surface area (Å²) in [5, 5.41) is 12.4. The van der Waals surface area contributed by atoms with Gasteiger partial charge in [0.2, 0.25) is 0 Å². The van der Waals surface area contributed by atoms with Crippen molar-refractivity contribution in [2.24, 2.45) is 22.7 Å². The van der Waals surface area contributed by atoms with E-state index >= 15 is 0 Å². The summed E-state index contributed by atoms with van der Waals surface area (Å²) in [5.41, 5.74) is 1.34. The fraction of sp³-hybridized carbons (Fsp3) is 0.667. The Morgan fingerprint density at radius 1 is 1.14 bits per heavy atom. The zero-order valence-corrected chi connectivity index (χ0v) is 13.9. The molecule has 21 heavy (non-hydrogen) atoms. The van der Waals surface area contributed by atoms with E-state index in [0.29, 0.717) is 15.5 Å². The average molecular weight is 325 g/mol. The lowest BCUT2D eigenvalue weighted by atomic mass is 9.43. The monoisotopic (exact) mass is 324 g/mol. The predicted octanol–water partition coefficient (Wildman–Crippen LogP) is 5.63. The largest absolute Gasteiger partial charge is 0.388 e. The maximum Gasteiger partial charge on any atom is 0.0860 e. The van der Waals surface area contributed by atoms with E-state index < -0.39 is 6.10 Å². The predicted molar refractivity (Wildman–Crippen MR) is 86.6 cm³/mol. The number of aliphatic hydroxyl groups is 1. The quantitative estimate of drug-likeness (QED) is 0.747. The van der Waals surface area contributed by atoms with Gasteiger partial charge in [0.05, 0.1) is 6.10 Å². The number of hydrogen-bond donors (Lipinski definition) is 1. The van der Waals surface area contributed by atoms with Crippen LogP contribution in [0.3, 0.4) is 0 Å². The van der Waals surface area contributed by atoms with Gasteiger partial charge in [-0.05, 0) is 73.5 Å². The first-order valence-electron chi connectivity index (χ1n) is 8.02. The van der Waals surface area contributed by atoms with E-state index in [1.807, 2.05) is 12.1 Å². The molecule has 0 radical (unpaired) electrons. The Hall–Kier alpha value is -0.240. The van der Waals surface area contributed by atoms with Gasteiger partial charge >= 0.3 is 0 Å². The molecule has 0 spiro atoms. The topological polar surface area (TPSA) is 20.2 Å². The third-order valence-corrected chi connectivity index (χ3v) is 6.80. The van der Waals surface area contributed by atoms with Crippen LogP contribution in [0.2, 0.25) is 10.0 Å². The molecule has 114 valence electrons. The Balaban J connectivity index is 1.72. The van der Waals surface area contributed by atoms with Gasteiger partial charge in [-0.25, -0.2) is 0 Å². The van der Waals surface area contributed by atoms with Gasteiger partial charge in [0.1, 0.15) is 0 Å². The average Bonchev–Trinajstić information content (AvgIpc) is 2.35. The number of hydrogen-bond acceptors (Lipinski definition) is 1. The summed E-state index contributed by atoms with van der Waals surface area (Å²) >= 11 is 12.4. The van der Waals surface area contributed by atoms with Crippen LogP contribution in [0.4, 0.5) is 0 Å². The third-order valence-electron chi connectivity index (χ3n) is 6.24. The van der Waals surface area contributed by atoms with Crippen LogP contribution in [0, 0.1) is 22.7 Å². The highest BCUT2D eigenvalue weighted by Gasteiger charge is 2.58. The number of halogens is 2. The van der Waals surface area contributed by atoms with E-state index in [2.05, 4.69) is 6.92 Å². The molecule has 4 bridgehead atoms. The zero-order valence-electron chi connectivity index (χ0n) is 12.4. The zero-order chi connectivity index (χ0) is 14.8. The second kappa shape index (κ2) is 4.63. The SMILES string of the molecule is CC12CC3CC(C1)CC(C(O)c1ccc(Cl)cc1Cl)(C3)C2. The van der Waals surface area contributed by atoms with Crippen molar-refractivity contribution in [3.8, 4) is 0 Å². The van der Waals surface area contributed by atoms with Crippen LogP contribution in [0.1, 0.15) is 57.1 Å². The van der Waals surface area contributed by atoms with Gasteiger partial charge in [-0.2, -0.15) is 0 Å². The summed E-state index contributed by atoms with van der Waals surface area (Å²) in [4.78, 5) is 0. The van der Waals surface area contributed by atoms with E-state index in [4.69, 9.17) is 23.2 Å². The van der Waals surface area contributed by atoms with Gasteiger partial charge in [0.15, 0.2) is 0 Å². The number of rotatable bonds is 2. The van der Waals surface area contributed by atoms with Crippen molar-refractivity contribution in [3.05, 3.63) is 33.8 Å². The molecule has 1 aromatic rings. The molecule has 0 aromatic heterocycles. The van der Waals surface area contributed by atoms with Crippen molar-refractivity contribution in [3.63, 3.8) is 0 Å². The van der Waals surface area contributed by atoms with E-state index in [1.54, 1.807) is 6.07 Å². The highest BCUT2D eigenvalue weighted by Crippen LogP contribution is 2.68. The van der Waals surface area contributed by atoms with Crippen LogP contribution in [0.5, 0.6) is 0 Å². The molecule has 4 aliphatic carbocycles. The van der Waals surface area contributed by atoms with Gasteiger partial charge < -0.3 is 5.11 Å². The minimum absolute atomic E-state index is 0.0380. The Bertz CT molecular complexity index is 569. The first-order valence-corrected chi connectivity index (χ1v) is 8.78. The minimum atomic E-state index is -0.451. The van der Waals surface area contributed by atoms with Crippen molar-refractivity contribution in [2.45, 2.75) is 51.6 Å². The van der Waals surface area contributed by atoms with Gasteiger partial charge in [0, 0.05) is 15.5 Å². The molecule has 0 amide bonds. The minimum Gasteiger partial charge on any atom is -0.388 e.